The summed E-state index contributed by atoms with van der Waals surface area (Å²) in [5.74, 6) is -0.511. The van der Waals surface area contributed by atoms with Crippen LogP contribution >= 0.6 is 22.7 Å². The lowest BCUT2D eigenvalue weighted by Crippen LogP contribution is -2.11. The minimum absolute atomic E-state index is 0.179. The molecule has 1 aromatic carbocycles. The molecule has 3 aromatic rings. The van der Waals surface area contributed by atoms with E-state index in [4.69, 9.17) is 4.74 Å². The number of rotatable bonds is 4. The van der Waals surface area contributed by atoms with E-state index in [0.29, 0.717) is 27.0 Å². The number of nitrogens with zero attached hydrogens (tertiary/aromatic N) is 2. The van der Waals surface area contributed by atoms with Crippen LogP contribution in [-0.4, -0.2) is 23.0 Å². The van der Waals surface area contributed by atoms with E-state index in [1.54, 1.807) is 24.4 Å². The van der Waals surface area contributed by atoms with Crippen LogP contribution < -0.4 is 10.1 Å². The van der Waals surface area contributed by atoms with Crippen molar-refractivity contribution < 1.29 is 13.9 Å². The van der Waals surface area contributed by atoms with E-state index in [2.05, 4.69) is 15.3 Å². The standard InChI is InChI=1S/C16H14FN3O2S2/c1-8-14(24-9(2)18-8)15(21)20-16-19-12(7-23-16)10-4-5-13(22-3)11(17)6-10/h4-7H,1-3H3,(H,19,20,21). The van der Waals surface area contributed by atoms with Crippen molar-refractivity contribution >= 4 is 33.7 Å². The molecular weight excluding hydrogens is 349 g/mol. The van der Waals surface area contributed by atoms with Gasteiger partial charge in [-0.05, 0) is 32.0 Å². The van der Waals surface area contributed by atoms with E-state index in [9.17, 15) is 9.18 Å². The molecule has 124 valence electrons. The maximum Gasteiger partial charge on any atom is 0.269 e. The molecule has 5 nitrogen and oxygen atoms in total. The molecule has 0 fully saturated rings. The molecule has 0 aliphatic heterocycles. The van der Waals surface area contributed by atoms with Gasteiger partial charge < -0.3 is 4.74 Å². The highest BCUT2D eigenvalue weighted by Crippen LogP contribution is 2.29. The first-order valence-electron chi connectivity index (χ1n) is 7.02. The Morgan fingerprint density at radius 2 is 2.08 bits per heavy atom. The van der Waals surface area contributed by atoms with Crippen LogP contribution in [0.4, 0.5) is 9.52 Å². The molecule has 0 aliphatic carbocycles. The monoisotopic (exact) mass is 363 g/mol. The summed E-state index contributed by atoms with van der Waals surface area (Å²) in [6.45, 7) is 3.65. The first kappa shape index (κ1) is 16.5. The zero-order chi connectivity index (χ0) is 17.3. The molecule has 0 atom stereocenters. The third-order valence-electron chi connectivity index (χ3n) is 3.28. The predicted molar refractivity (Wildman–Crippen MR) is 93.6 cm³/mol. The Morgan fingerprint density at radius 1 is 1.29 bits per heavy atom. The Kier molecular flexibility index (Phi) is 4.59. The van der Waals surface area contributed by atoms with Gasteiger partial charge in [0.15, 0.2) is 16.7 Å². The predicted octanol–water partition coefficient (Wildman–Crippen LogP) is 4.28. The SMILES string of the molecule is COc1ccc(-c2csc(NC(=O)c3sc(C)nc3C)n2)cc1F. The lowest BCUT2D eigenvalue weighted by molar-refractivity contribution is 0.103. The molecule has 0 bridgehead atoms. The lowest BCUT2D eigenvalue weighted by Gasteiger charge is -2.03. The Bertz CT molecular complexity index is 905. The Balaban J connectivity index is 1.79. The second-order valence-corrected chi connectivity index (χ2v) is 7.05. The fourth-order valence-corrected chi connectivity index (χ4v) is 3.72. The molecule has 0 unspecified atom stereocenters. The molecule has 1 amide bonds. The van der Waals surface area contributed by atoms with Crippen LogP contribution in [0.1, 0.15) is 20.4 Å². The molecule has 0 radical (unpaired) electrons. The summed E-state index contributed by atoms with van der Waals surface area (Å²) in [4.78, 5) is 21.4. The number of carbonyl (C=O) groups excluding carboxylic acids is 1. The number of aromatic nitrogens is 2. The van der Waals surface area contributed by atoms with Crippen LogP contribution in [0.3, 0.4) is 0 Å². The number of carbonyl (C=O) groups is 1. The molecule has 8 heteroatoms. The quantitative estimate of drug-likeness (QED) is 0.751. The molecule has 2 heterocycles. The van der Waals surface area contributed by atoms with Gasteiger partial charge in [0, 0.05) is 10.9 Å². The van der Waals surface area contributed by atoms with Crippen molar-refractivity contribution in [2.45, 2.75) is 13.8 Å². The summed E-state index contributed by atoms with van der Waals surface area (Å²) < 4.78 is 18.7. The number of ether oxygens (including phenoxy) is 1. The van der Waals surface area contributed by atoms with Crippen LogP contribution in [0.15, 0.2) is 23.6 Å². The van der Waals surface area contributed by atoms with Gasteiger partial charge in [-0.3, -0.25) is 10.1 Å². The van der Waals surface area contributed by atoms with Gasteiger partial charge in [0.05, 0.1) is 23.5 Å². The van der Waals surface area contributed by atoms with Crippen LogP contribution in [0, 0.1) is 19.7 Å². The smallest absolute Gasteiger partial charge is 0.269 e. The largest absolute Gasteiger partial charge is 0.494 e. The molecule has 2 aromatic heterocycles. The fraction of sp³-hybridized carbons (Fsp3) is 0.188. The summed E-state index contributed by atoms with van der Waals surface area (Å²) in [5.41, 5.74) is 1.91. The molecule has 3 rings (SSSR count). The summed E-state index contributed by atoms with van der Waals surface area (Å²) in [6, 6.07) is 4.63. The third kappa shape index (κ3) is 3.29. The van der Waals surface area contributed by atoms with Crippen LogP contribution in [0.25, 0.3) is 11.3 Å². The molecule has 0 saturated carbocycles. The minimum atomic E-state index is -0.454. The van der Waals surface area contributed by atoms with E-state index in [1.165, 1.54) is 35.8 Å². The summed E-state index contributed by atoms with van der Waals surface area (Å²) >= 11 is 2.62. The van der Waals surface area contributed by atoms with Crippen molar-refractivity contribution in [3.63, 3.8) is 0 Å². The molecule has 0 spiro atoms. The number of amides is 1. The average Bonchev–Trinajstić information content (AvgIpc) is 3.13. The lowest BCUT2D eigenvalue weighted by atomic mass is 10.1. The van der Waals surface area contributed by atoms with Gasteiger partial charge >= 0.3 is 0 Å². The highest BCUT2D eigenvalue weighted by molar-refractivity contribution is 7.15. The molecular formula is C16H14FN3O2S2. The number of thiazole rings is 2. The van der Waals surface area contributed by atoms with E-state index in [-0.39, 0.29) is 11.7 Å². The average molecular weight is 363 g/mol. The number of hydrogen-bond donors (Lipinski definition) is 1. The molecule has 24 heavy (non-hydrogen) atoms. The highest BCUT2D eigenvalue weighted by Gasteiger charge is 2.16. The van der Waals surface area contributed by atoms with Crippen LogP contribution in [-0.2, 0) is 0 Å². The summed E-state index contributed by atoms with van der Waals surface area (Å²) in [6.07, 6.45) is 0. The van der Waals surface area contributed by atoms with Gasteiger partial charge in [0.2, 0.25) is 0 Å². The van der Waals surface area contributed by atoms with Gasteiger partial charge in [0.25, 0.3) is 5.91 Å². The van der Waals surface area contributed by atoms with Gasteiger partial charge in [-0.15, -0.1) is 22.7 Å². The van der Waals surface area contributed by atoms with E-state index in [1.807, 2.05) is 6.92 Å². The summed E-state index contributed by atoms with van der Waals surface area (Å²) in [7, 11) is 1.41. The minimum Gasteiger partial charge on any atom is -0.494 e. The van der Waals surface area contributed by atoms with Crippen molar-refractivity contribution in [1.82, 2.24) is 9.97 Å². The van der Waals surface area contributed by atoms with Crippen molar-refractivity contribution in [2.24, 2.45) is 0 Å². The van der Waals surface area contributed by atoms with Gasteiger partial charge in [-0.25, -0.2) is 14.4 Å². The van der Waals surface area contributed by atoms with Crippen LogP contribution in [0.2, 0.25) is 0 Å². The van der Waals surface area contributed by atoms with E-state index >= 15 is 0 Å². The summed E-state index contributed by atoms with van der Waals surface area (Å²) in [5, 5.41) is 5.82. The first-order chi connectivity index (χ1) is 11.5. The zero-order valence-electron chi connectivity index (χ0n) is 13.2. The van der Waals surface area contributed by atoms with E-state index in [0.717, 1.165) is 5.01 Å². The highest BCUT2D eigenvalue weighted by atomic mass is 32.1. The van der Waals surface area contributed by atoms with E-state index < -0.39 is 5.82 Å². The molecule has 0 saturated heterocycles. The van der Waals surface area contributed by atoms with Gasteiger partial charge in [0.1, 0.15) is 4.88 Å². The maximum absolute atomic E-state index is 13.8. The van der Waals surface area contributed by atoms with Gasteiger partial charge in [-0.2, -0.15) is 0 Å². The number of nitrogens with one attached hydrogen (secondary N) is 1. The normalized spacial score (nSPS) is 10.7. The zero-order valence-corrected chi connectivity index (χ0v) is 14.8. The Morgan fingerprint density at radius 3 is 2.71 bits per heavy atom. The maximum atomic E-state index is 13.8. The van der Waals surface area contributed by atoms with Crippen molar-refractivity contribution in [3.05, 3.63) is 45.0 Å². The third-order valence-corrected chi connectivity index (χ3v) is 5.11. The fourth-order valence-electron chi connectivity index (χ4n) is 2.19. The Hall–Kier alpha value is -2.32. The molecule has 0 aliphatic rings. The van der Waals surface area contributed by atoms with Crippen molar-refractivity contribution in [2.75, 3.05) is 12.4 Å². The van der Waals surface area contributed by atoms with Crippen LogP contribution in [0.5, 0.6) is 5.75 Å². The second-order valence-electron chi connectivity index (χ2n) is 4.99. The Labute approximate surface area is 146 Å². The first-order valence-corrected chi connectivity index (χ1v) is 8.72. The topological polar surface area (TPSA) is 64.1 Å². The van der Waals surface area contributed by atoms with Crippen molar-refractivity contribution in [3.8, 4) is 17.0 Å². The number of halogens is 1. The molecule has 1 N–H and O–H groups in total. The number of aryl methyl sites for hydroxylation is 2. The number of methoxy groups -OCH3 is 1. The number of anilines is 1. The van der Waals surface area contributed by atoms with Crippen molar-refractivity contribution in [1.29, 1.82) is 0 Å². The number of benzene rings is 1. The number of hydrogen-bond acceptors (Lipinski definition) is 6. The second kappa shape index (κ2) is 6.66. The van der Waals surface area contributed by atoms with Gasteiger partial charge in [-0.1, -0.05) is 0 Å².